The van der Waals surface area contributed by atoms with Crippen molar-refractivity contribution < 1.29 is 9.59 Å². The predicted octanol–water partition coefficient (Wildman–Crippen LogP) is 4.05. The van der Waals surface area contributed by atoms with Crippen molar-refractivity contribution in [2.45, 2.75) is 12.5 Å². The average Bonchev–Trinajstić information content (AvgIpc) is 2.64. The summed E-state index contributed by atoms with van der Waals surface area (Å²) >= 11 is 7.69. The van der Waals surface area contributed by atoms with Gasteiger partial charge >= 0.3 is 0 Å². The van der Waals surface area contributed by atoms with Gasteiger partial charge in [-0.1, -0.05) is 11.6 Å². The van der Waals surface area contributed by atoms with E-state index in [2.05, 4.69) is 16.0 Å². The van der Waals surface area contributed by atoms with Crippen LogP contribution in [0.15, 0.2) is 48.5 Å². The van der Waals surface area contributed by atoms with Crippen LogP contribution in [0.25, 0.3) is 0 Å². The first-order valence-corrected chi connectivity index (χ1v) is 9.91. The van der Waals surface area contributed by atoms with Crippen molar-refractivity contribution in [3.05, 3.63) is 59.1 Å². The Kier molecular flexibility index (Phi) is 8.44. The second-order valence-electron chi connectivity index (χ2n) is 6.02. The third kappa shape index (κ3) is 6.74. The average molecular weight is 426 g/mol. The lowest BCUT2D eigenvalue weighted by Gasteiger charge is -2.22. The zero-order chi connectivity index (χ0) is 18.4. The van der Waals surface area contributed by atoms with Gasteiger partial charge in [-0.25, -0.2) is 0 Å². The van der Waals surface area contributed by atoms with Crippen LogP contribution in [0.1, 0.15) is 16.8 Å². The zero-order valence-corrected chi connectivity index (χ0v) is 16.9. The van der Waals surface area contributed by atoms with Gasteiger partial charge in [0.2, 0.25) is 5.91 Å². The molecule has 2 aromatic rings. The van der Waals surface area contributed by atoms with Crippen molar-refractivity contribution >= 4 is 59.0 Å². The molecule has 1 atom stereocenters. The monoisotopic (exact) mass is 425 g/mol. The van der Waals surface area contributed by atoms with Gasteiger partial charge < -0.3 is 16.0 Å². The van der Waals surface area contributed by atoms with Crippen molar-refractivity contribution in [1.29, 1.82) is 0 Å². The van der Waals surface area contributed by atoms with Crippen molar-refractivity contribution in [2.75, 3.05) is 28.7 Å². The van der Waals surface area contributed by atoms with Crippen LogP contribution in [0.2, 0.25) is 5.02 Å². The largest absolute Gasteiger partial charge is 0.326 e. The third-order valence-electron chi connectivity index (χ3n) is 3.96. The molecular formula is C19H21Cl2N3O2S. The zero-order valence-electron chi connectivity index (χ0n) is 14.5. The maximum Gasteiger partial charge on any atom is 0.255 e. The van der Waals surface area contributed by atoms with Gasteiger partial charge in [-0.15, -0.1) is 12.4 Å². The van der Waals surface area contributed by atoms with E-state index in [0.717, 1.165) is 18.1 Å². The van der Waals surface area contributed by atoms with Gasteiger partial charge in [0.05, 0.1) is 0 Å². The summed E-state index contributed by atoms with van der Waals surface area (Å²) in [7, 11) is 0. The van der Waals surface area contributed by atoms with Crippen LogP contribution < -0.4 is 16.0 Å². The fourth-order valence-corrected chi connectivity index (χ4v) is 3.70. The molecule has 0 bridgehead atoms. The molecule has 8 heteroatoms. The molecule has 5 nitrogen and oxygen atoms in total. The second kappa shape index (κ2) is 10.6. The van der Waals surface area contributed by atoms with E-state index in [-0.39, 0.29) is 30.3 Å². The summed E-state index contributed by atoms with van der Waals surface area (Å²) in [5.41, 5.74) is 1.90. The molecule has 1 aliphatic heterocycles. The molecular weight excluding hydrogens is 405 g/mol. The number of nitrogens with one attached hydrogen (secondary N) is 3. The van der Waals surface area contributed by atoms with Crippen LogP contribution in [-0.2, 0) is 4.79 Å². The van der Waals surface area contributed by atoms with E-state index in [1.807, 2.05) is 11.8 Å². The molecule has 0 aliphatic carbocycles. The fraction of sp³-hybridized carbons (Fsp3) is 0.263. The van der Waals surface area contributed by atoms with Gasteiger partial charge in [0, 0.05) is 52.5 Å². The normalized spacial score (nSPS) is 16.1. The highest BCUT2D eigenvalue weighted by Gasteiger charge is 2.16. The third-order valence-corrected chi connectivity index (χ3v) is 5.35. The molecule has 144 valence electrons. The number of amides is 2. The summed E-state index contributed by atoms with van der Waals surface area (Å²) in [6.45, 7) is 0.949. The molecule has 1 saturated heterocycles. The number of halogens is 2. The van der Waals surface area contributed by atoms with Crippen molar-refractivity contribution in [2.24, 2.45) is 0 Å². The highest BCUT2D eigenvalue weighted by atomic mass is 35.5. The standard InChI is InChI=1S/C19H20ClN3O2S.ClH/c20-14-3-1-13(2-4-14)19(25)23-16-7-5-15(6-8-16)22-18(24)11-17-12-26-10-9-21-17;/h1-8,17,21H,9-12H2,(H,22,24)(H,23,25);1H. The van der Waals surface area contributed by atoms with Crippen LogP contribution in [-0.4, -0.2) is 35.9 Å². The summed E-state index contributed by atoms with van der Waals surface area (Å²) in [4.78, 5) is 24.3. The number of hydrogen-bond acceptors (Lipinski definition) is 4. The fourth-order valence-electron chi connectivity index (χ4n) is 2.63. The number of carbonyl (C=O) groups excluding carboxylic acids is 2. The van der Waals surface area contributed by atoms with E-state index < -0.39 is 0 Å². The smallest absolute Gasteiger partial charge is 0.255 e. The molecule has 2 amide bonds. The predicted molar refractivity (Wildman–Crippen MR) is 115 cm³/mol. The minimum Gasteiger partial charge on any atom is -0.326 e. The maximum absolute atomic E-state index is 12.2. The molecule has 1 unspecified atom stereocenters. The molecule has 0 aromatic heterocycles. The minimum atomic E-state index is -0.209. The quantitative estimate of drug-likeness (QED) is 0.675. The number of benzene rings is 2. The molecule has 1 heterocycles. The second-order valence-corrected chi connectivity index (χ2v) is 7.60. The Labute approximate surface area is 174 Å². The van der Waals surface area contributed by atoms with Crippen LogP contribution in [0.5, 0.6) is 0 Å². The van der Waals surface area contributed by atoms with Crippen molar-refractivity contribution in [3.8, 4) is 0 Å². The van der Waals surface area contributed by atoms with Crippen molar-refractivity contribution in [1.82, 2.24) is 5.32 Å². The highest BCUT2D eigenvalue weighted by molar-refractivity contribution is 7.99. The van der Waals surface area contributed by atoms with E-state index >= 15 is 0 Å². The first kappa shape index (κ1) is 21.6. The van der Waals surface area contributed by atoms with Gasteiger partial charge in [-0.05, 0) is 48.5 Å². The van der Waals surface area contributed by atoms with E-state index in [0.29, 0.717) is 28.4 Å². The van der Waals surface area contributed by atoms with Crippen LogP contribution in [0, 0.1) is 0 Å². The first-order valence-electron chi connectivity index (χ1n) is 8.38. The van der Waals surface area contributed by atoms with Gasteiger partial charge in [-0.3, -0.25) is 9.59 Å². The van der Waals surface area contributed by atoms with E-state index in [1.54, 1.807) is 48.5 Å². The van der Waals surface area contributed by atoms with Gasteiger partial charge in [-0.2, -0.15) is 11.8 Å². The van der Waals surface area contributed by atoms with Crippen LogP contribution >= 0.6 is 35.8 Å². The van der Waals surface area contributed by atoms with E-state index in [9.17, 15) is 9.59 Å². The number of hydrogen-bond donors (Lipinski definition) is 3. The van der Waals surface area contributed by atoms with E-state index in [4.69, 9.17) is 11.6 Å². The Hall–Kier alpha value is -1.73. The summed E-state index contributed by atoms with van der Waals surface area (Å²) < 4.78 is 0. The molecule has 1 aliphatic rings. The molecule has 27 heavy (non-hydrogen) atoms. The Bertz CT molecular complexity index is 764. The lowest BCUT2D eigenvalue weighted by atomic mass is 10.2. The molecule has 0 spiro atoms. The minimum absolute atomic E-state index is 0. The summed E-state index contributed by atoms with van der Waals surface area (Å²) in [5.74, 6) is 1.84. The number of anilines is 2. The van der Waals surface area contributed by atoms with Gasteiger partial charge in [0.15, 0.2) is 0 Å². The van der Waals surface area contributed by atoms with E-state index in [1.165, 1.54) is 0 Å². The van der Waals surface area contributed by atoms with Crippen LogP contribution in [0.3, 0.4) is 0 Å². The molecule has 3 N–H and O–H groups in total. The lowest BCUT2D eigenvalue weighted by molar-refractivity contribution is -0.116. The molecule has 3 rings (SSSR count). The maximum atomic E-state index is 12.2. The molecule has 0 saturated carbocycles. The summed E-state index contributed by atoms with van der Waals surface area (Å²) in [5, 5.41) is 9.64. The Morgan fingerprint density at radius 3 is 2.26 bits per heavy atom. The van der Waals surface area contributed by atoms with Crippen molar-refractivity contribution in [3.63, 3.8) is 0 Å². The molecule has 0 radical (unpaired) electrons. The SMILES string of the molecule is Cl.O=C(CC1CSCCN1)Nc1ccc(NC(=O)c2ccc(Cl)cc2)cc1. The Morgan fingerprint density at radius 1 is 1.04 bits per heavy atom. The topological polar surface area (TPSA) is 70.2 Å². The van der Waals surface area contributed by atoms with Gasteiger partial charge in [0.25, 0.3) is 5.91 Å². The molecule has 1 fully saturated rings. The lowest BCUT2D eigenvalue weighted by Crippen LogP contribution is -2.39. The number of rotatable bonds is 5. The highest BCUT2D eigenvalue weighted by Crippen LogP contribution is 2.17. The molecule has 2 aromatic carbocycles. The summed E-state index contributed by atoms with van der Waals surface area (Å²) in [6, 6.07) is 14.0. The number of thioether (sulfide) groups is 1. The summed E-state index contributed by atoms with van der Waals surface area (Å²) in [6.07, 6.45) is 0.460. The Balaban J connectivity index is 0.00000261. The van der Waals surface area contributed by atoms with Crippen LogP contribution in [0.4, 0.5) is 11.4 Å². The van der Waals surface area contributed by atoms with Gasteiger partial charge in [0.1, 0.15) is 0 Å². The number of carbonyl (C=O) groups is 2. The first-order chi connectivity index (χ1) is 12.6. The Morgan fingerprint density at radius 2 is 1.67 bits per heavy atom.